The third-order valence-corrected chi connectivity index (χ3v) is 6.32. The van der Waals surface area contributed by atoms with Crippen LogP contribution in [-0.2, 0) is 16.0 Å². The standard InChI is InChI=1S/C25H27Br2N3O5/c1-5-7-8-23-29-20-10-9-17(26)12-18(20)24(31)30(23)28-14-16-11-21(34-6-2)22(13-19(16)27)35-15(3)25(32)33-4/h9-15H,5-8H2,1-4H3/t15-/m1/s1. The fraction of sp³-hybridized carbons (Fsp3) is 0.360. The summed E-state index contributed by atoms with van der Waals surface area (Å²) in [7, 11) is 1.30. The van der Waals surface area contributed by atoms with E-state index in [9.17, 15) is 9.59 Å². The number of nitrogens with zero attached hydrogens (tertiary/aromatic N) is 3. The lowest BCUT2D eigenvalue weighted by Crippen LogP contribution is -2.25. The summed E-state index contributed by atoms with van der Waals surface area (Å²) in [6.07, 6.45) is 3.23. The van der Waals surface area contributed by atoms with Gasteiger partial charge in [0.1, 0.15) is 5.82 Å². The first-order chi connectivity index (χ1) is 16.8. The quantitative estimate of drug-likeness (QED) is 0.223. The Hall–Kier alpha value is -2.72. The predicted molar refractivity (Wildman–Crippen MR) is 143 cm³/mol. The van der Waals surface area contributed by atoms with Gasteiger partial charge in [-0.15, -0.1) is 0 Å². The van der Waals surface area contributed by atoms with Crippen molar-refractivity contribution in [1.29, 1.82) is 0 Å². The fourth-order valence-electron chi connectivity index (χ4n) is 3.35. The molecule has 1 heterocycles. The number of esters is 1. The Morgan fingerprint density at radius 2 is 1.97 bits per heavy atom. The van der Waals surface area contributed by atoms with Crippen molar-refractivity contribution in [2.75, 3.05) is 13.7 Å². The summed E-state index contributed by atoms with van der Waals surface area (Å²) in [5.74, 6) is 0.915. The average molecular weight is 609 g/mol. The molecule has 0 amide bonds. The SMILES string of the molecule is CCCCc1nc2ccc(Br)cc2c(=O)n1N=Cc1cc(OCC)c(O[C@H](C)C(=O)OC)cc1Br. The molecule has 0 N–H and O–H groups in total. The molecular formula is C25H27Br2N3O5. The highest BCUT2D eigenvalue weighted by atomic mass is 79.9. The van der Waals surface area contributed by atoms with Gasteiger partial charge < -0.3 is 14.2 Å². The van der Waals surface area contributed by atoms with Crippen molar-refractivity contribution >= 4 is 54.9 Å². The van der Waals surface area contributed by atoms with Gasteiger partial charge in [0.15, 0.2) is 17.6 Å². The second-order valence-corrected chi connectivity index (χ2v) is 9.46. The van der Waals surface area contributed by atoms with Crippen molar-refractivity contribution in [2.24, 2.45) is 5.10 Å². The molecule has 0 saturated carbocycles. The zero-order valence-corrected chi connectivity index (χ0v) is 23.2. The maximum absolute atomic E-state index is 13.3. The van der Waals surface area contributed by atoms with Gasteiger partial charge >= 0.3 is 5.97 Å². The number of rotatable bonds is 10. The number of ether oxygens (including phenoxy) is 3. The second-order valence-electron chi connectivity index (χ2n) is 7.69. The molecule has 3 aromatic rings. The number of carbonyl (C=O) groups excluding carboxylic acids is 1. The molecule has 35 heavy (non-hydrogen) atoms. The topological polar surface area (TPSA) is 92.0 Å². The monoisotopic (exact) mass is 607 g/mol. The van der Waals surface area contributed by atoms with E-state index < -0.39 is 12.1 Å². The first-order valence-electron chi connectivity index (χ1n) is 11.2. The van der Waals surface area contributed by atoms with Crippen molar-refractivity contribution < 1.29 is 19.0 Å². The van der Waals surface area contributed by atoms with Gasteiger partial charge in [-0.2, -0.15) is 9.78 Å². The average Bonchev–Trinajstić information content (AvgIpc) is 2.84. The van der Waals surface area contributed by atoms with Gasteiger partial charge in [0.25, 0.3) is 5.56 Å². The zero-order valence-electron chi connectivity index (χ0n) is 20.0. The molecule has 2 aromatic carbocycles. The fourth-order valence-corrected chi connectivity index (χ4v) is 4.13. The van der Waals surface area contributed by atoms with Gasteiger partial charge in [0, 0.05) is 20.9 Å². The van der Waals surface area contributed by atoms with Gasteiger partial charge in [0.2, 0.25) is 0 Å². The molecule has 186 valence electrons. The van der Waals surface area contributed by atoms with Crippen LogP contribution in [0.5, 0.6) is 11.5 Å². The summed E-state index contributed by atoms with van der Waals surface area (Å²) in [6, 6.07) is 8.87. The molecular weight excluding hydrogens is 582 g/mol. The number of carbonyl (C=O) groups is 1. The number of fused-ring (bicyclic) bond motifs is 1. The lowest BCUT2D eigenvalue weighted by Gasteiger charge is -2.17. The minimum absolute atomic E-state index is 0.244. The third-order valence-electron chi connectivity index (χ3n) is 5.14. The van der Waals surface area contributed by atoms with Crippen LogP contribution < -0.4 is 15.0 Å². The molecule has 0 aliphatic carbocycles. The number of methoxy groups -OCH3 is 1. The molecule has 0 unspecified atom stereocenters. The van der Waals surface area contributed by atoms with E-state index in [-0.39, 0.29) is 5.56 Å². The van der Waals surface area contributed by atoms with E-state index in [0.717, 1.165) is 17.3 Å². The van der Waals surface area contributed by atoms with E-state index in [2.05, 4.69) is 43.9 Å². The summed E-state index contributed by atoms with van der Waals surface area (Å²) < 4.78 is 19.0. The van der Waals surface area contributed by atoms with Crippen LogP contribution in [0.25, 0.3) is 10.9 Å². The molecule has 0 aliphatic rings. The molecule has 0 saturated heterocycles. The maximum Gasteiger partial charge on any atom is 0.346 e. The Balaban J connectivity index is 2.05. The Labute approximate surface area is 220 Å². The van der Waals surface area contributed by atoms with Crippen molar-refractivity contribution in [2.45, 2.75) is 46.1 Å². The highest BCUT2D eigenvalue weighted by Crippen LogP contribution is 2.34. The van der Waals surface area contributed by atoms with Crippen molar-refractivity contribution in [3.05, 3.63) is 61.0 Å². The van der Waals surface area contributed by atoms with E-state index in [1.165, 1.54) is 11.8 Å². The van der Waals surface area contributed by atoms with Crippen LogP contribution in [0.2, 0.25) is 0 Å². The molecule has 1 aromatic heterocycles. The number of aromatic nitrogens is 2. The number of aryl methyl sites for hydroxylation is 1. The summed E-state index contributed by atoms with van der Waals surface area (Å²) in [6.45, 7) is 5.92. The molecule has 8 nitrogen and oxygen atoms in total. The number of halogens is 2. The van der Waals surface area contributed by atoms with Crippen LogP contribution in [0.3, 0.4) is 0 Å². The normalized spacial score (nSPS) is 12.2. The number of hydrogen-bond acceptors (Lipinski definition) is 7. The second kappa shape index (κ2) is 12.3. The number of hydrogen-bond donors (Lipinski definition) is 0. The van der Waals surface area contributed by atoms with E-state index in [1.54, 1.807) is 31.3 Å². The molecule has 0 fully saturated rings. The van der Waals surface area contributed by atoms with Crippen molar-refractivity contribution in [3.63, 3.8) is 0 Å². The summed E-state index contributed by atoms with van der Waals surface area (Å²) in [4.78, 5) is 29.8. The van der Waals surface area contributed by atoms with Crippen molar-refractivity contribution in [1.82, 2.24) is 9.66 Å². The summed E-state index contributed by atoms with van der Waals surface area (Å²) >= 11 is 6.95. The van der Waals surface area contributed by atoms with Crippen LogP contribution in [0.1, 0.15) is 45.0 Å². The van der Waals surface area contributed by atoms with E-state index in [1.807, 2.05) is 19.1 Å². The largest absolute Gasteiger partial charge is 0.490 e. The minimum atomic E-state index is -0.812. The van der Waals surface area contributed by atoms with Crippen LogP contribution in [0, 0.1) is 0 Å². The van der Waals surface area contributed by atoms with Crippen LogP contribution in [0.15, 0.2) is 49.2 Å². The van der Waals surface area contributed by atoms with Crippen molar-refractivity contribution in [3.8, 4) is 11.5 Å². The van der Waals surface area contributed by atoms with Crippen LogP contribution in [-0.4, -0.2) is 41.7 Å². The lowest BCUT2D eigenvalue weighted by atomic mass is 10.2. The third kappa shape index (κ3) is 6.49. The molecule has 0 radical (unpaired) electrons. The molecule has 0 bridgehead atoms. The molecule has 3 rings (SSSR count). The predicted octanol–water partition coefficient (Wildman–Crippen LogP) is 5.49. The van der Waals surface area contributed by atoms with Gasteiger partial charge in [-0.25, -0.2) is 9.78 Å². The first-order valence-corrected chi connectivity index (χ1v) is 12.8. The smallest absolute Gasteiger partial charge is 0.346 e. The minimum Gasteiger partial charge on any atom is -0.490 e. The van der Waals surface area contributed by atoms with E-state index >= 15 is 0 Å². The molecule has 10 heteroatoms. The first kappa shape index (κ1) is 26.9. The number of benzene rings is 2. The number of unbranched alkanes of at least 4 members (excludes halogenated alkanes) is 1. The van der Waals surface area contributed by atoms with Gasteiger partial charge in [-0.05, 0) is 66.5 Å². The Morgan fingerprint density at radius 3 is 2.66 bits per heavy atom. The Bertz CT molecular complexity index is 1310. The Morgan fingerprint density at radius 1 is 1.20 bits per heavy atom. The molecule has 0 aliphatic heterocycles. The van der Waals surface area contributed by atoms with E-state index in [4.69, 9.17) is 19.2 Å². The zero-order chi connectivity index (χ0) is 25.5. The van der Waals surface area contributed by atoms with E-state index in [0.29, 0.717) is 51.3 Å². The van der Waals surface area contributed by atoms with Gasteiger partial charge in [-0.3, -0.25) is 4.79 Å². The highest BCUT2D eigenvalue weighted by molar-refractivity contribution is 9.10. The van der Waals surface area contributed by atoms with Gasteiger partial charge in [0.05, 0.1) is 30.8 Å². The van der Waals surface area contributed by atoms with Gasteiger partial charge in [-0.1, -0.05) is 29.3 Å². The Kier molecular flexibility index (Phi) is 9.45. The van der Waals surface area contributed by atoms with Crippen LogP contribution >= 0.6 is 31.9 Å². The van der Waals surface area contributed by atoms with Crippen LogP contribution in [0.4, 0.5) is 0 Å². The lowest BCUT2D eigenvalue weighted by molar-refractivity contribution is -0.147. The molecule has 1 atom stereocenters. The highest BCUT2D eigenvalue weighted by Gasteiger charge is 2.19. The summed E-state index contributed by atoms with van der Waals surface area (Å²) in [5.41, 5.74) is 1.05. The molecule has 0 spiro atoms. The maximum atomic E-state index is 13.3. The summed E-state index contributed by atoms with van der Waals surface area (Å²) in [5, 5.41) is 4.98.